The van der Waals surface area contributed by atoms with Gasteiger partial charge >= 0.3 is 5.97 Å². The van der Waals surface area contributed by atoms with Gasteiger partial charge in [-0.3, -0.25) is 4.79 Å². The fraction of sp³-hybridized carbons (Fsp3) is 0.522. The van der Waals surface area contributed by atoms with Crippen molar-refractivity contribution in [1.82, 2.24) is 19.9 Å². The van der Waals surface area contributed by atoms with Gasteiger partial charge in [0.1, 0.15) is 11.9 Å². The number of methoxy groups -OCH3 is 1. The van der Waals surface area contributed by atoms with Crippen LogP contribution in [0.15, 0.2) is 24.3 Å². The minimum atomic E-state index is -0.636. The van der Waals surface area contributed by atoms with Crippen LogP contribution in [0.25, 0.3) is 0 Å². The number of esters is 1. The van der Waals surface area contributed by atoms with Crippen molar-refractivity contribution in [2.45, 2.75) is 45.6 Å². The van der Waals surface area contributed by atoms with Gasteiger partial charge in [-0.2, -0.15) is 15.0 Å². The number of hydrogen-bond donors (Lipinski definition) is 3. The summed E-state index contributed by atoms with van der Waals surface area (Å²) < 4.78 is 18.5. The minimum Gasteiger partial charge on any atom is -0.467 e. The van der Waals surface area contributed by atoms with Crippen LogP contribution in [0, 0.1) is 11.7 Å². The summed E-state index contributed by atoms with van der Waals surface area (Å²) in [6.45, 7) is 6.00. The molecule has 1 aromatic carbocycles. The number of aromatic nitrogens is 3. The van der Waals surface area contributed by atoms with Crippen LogP contribution >= 0.6 is 0 Å². The van der Waals surface area contributed by atoms with Crippen LogP contribution in [0.2, 0.25) is 0 Å². The number of anilines is 4. The molecule has 1 atom stereocenters. The van der Waals surface area contributed by atoms with Crippen molar-refractivity contribution in [2.75, 3.05) is 42.7 Å². The average molecular weight is 474 g/mol. The molecule has 1 fully saturated rings. The van der Waals surface area contributed by atoms with Gasteiger partial charge in [-0.1, -0.05) is 19.9 Å². The van der Waals surface area contributed by atoms with Crippen molar-refractivity contribution in [2.24, 2.45) is 5.92 Å². The SMILES string of the molecule is COC(=O)[C@@H](CC(C)C)Nc1nc(NCCCN2CCCC2=O)nc(Nc2cccc(F)c2)n1. The van der Waals surface area contributed by atoms with E-state index < -0.39 is 17.8 Å². The summed E-state index contributed by atoms with van der Waals surface area (Å²) in [6.07, 6.45) is 2.77. The second-order valence-corrected chi connectivity index (χ2v) is 8.56. The fourth-order valence-electron chi connectivity index (χ4n) is 3.66. The number of likely N-dealkylation sites (tertiary alicyclic amines) is 1. The van der Waals surface area contributed by atoms with Gasteiger partial charge in [-0.15, -0.1) is 0 Å². The molecule has 0 saturated carbocycles. The molecule has 184 valence electrons. The number of amides is 1. The zero-order valence-corrected chi connectivity index (χ0v) is 19.8. The third-order valence-electron chi connectivity index (χ3n) is 5.27. The molecule has 11 heteroatoms. The molecule has 1 aromatic heterocycles. The Hall–Kier alpha value is -3.50. The summed E-state index contributed by atoms with van der Waals surface area (Å²) in [5, 5.41) is 9.16. The quantitative estimate of drug-likeness (QED) is 0.315. The number of carbonyl (C=O) groups is 2. The third kappa shape index (κ3) is 7.53. The maximum Gasteiger partial charge on any atom is 0.328 e. The van der Waals surface area contributed by atoms with Gasteiger partial charge in [0, 0.05) is 31.7 Å². The van der Waals surface area contributed by atoms with E-state index in [4.69, 9.17) is 4.74 Å². The number of rotatable bonds is 12. The number of benzene rings is 1. The standard InChI is InChI=1S/C23H32FN7O3/c1-15(2)13-18(20(33)34-3)27-23-29-21(25-10-6-12-31-11-5-9-19(31)32)28-22(30-23)26-17-8-4-7-16(24)14-17/h4,7-8,14-15,18H,5-6,9-13H2,1-3H3,(H3,25,26,27,28,29,30)/t18-/m1/s1. The van der Waals surface area contributed by atoms with E-state index in [1.54, 1.807) is 12.1 Å². The average Bonchev–Trinajstić information content (AvgIpc) is 3.20. The molecule has 0 aliphatic carbocycles. The lowest BCUT2D eigenvalue weighted by Crippen LogP contribution is -2.33. The van der Waals surface area contributed by atoms with E-state index in [0.29, 0.717) is 31.6 Å². The van der Waals surface area contributed by atoms with Crippen LogP contribution < -0.4 is 16.0 Å². The highest BCUT2D eigenvalue weighted by molar-refractivity contribution is 5.78. The molecule has 1 amide bonds. The molecule has 0 spiro atoms. The molecule has 2 aromatic rings. The molecule has 1 aliphatic rings. The van der Waals surface area contributed by atoms with Gasteiger partial charge in [-0.05, 0) is 43.4 Å². The molecule has 2 heterocycles. The molecular weight excluding hydrogens is 441 g/mol. The number of halogens is 1. The van der Waals surface area contributed by atoms with Crippen LogP contribution in [0.4, 0.5) is 27.9 Å². The number of ether oxygens (including phenoxy) is 1. The first-order valence-electron chi connectivity index (χ1n) is 11.5. The highest BCUT2D eigenvalue weighted by Crippen LogP contribution is 2.19. The van der Waals surface area contributed by atoms with E-state index in [9.17, 15) is 14.0 Å². The highest BCUT2D eigenvalue weighted by Gasteiger charge is 2.22. The van der Waals surface area contributed by atoms with Gasteiger partial charge in [-0.25, -0.2) is 9.18 Å². The zero-order valence-electron chi connectivity index (χ0n) is 19.8. The first-order valence-corrected chi connectivity index (χ1v) is 11.5. The Kier molecular flexibility index (Phi) is 8.94. The lowest BCUT2D eigenvalue weighted by atomic mass is 10.0. The second kappa shape index (κ2) is 12.1. The molecule has 3 rings (SSSR count). The van der Waals surface area contributed by atoms with Gasteiger partial charge in [0.15, 0.2) is 0 Å². The van der Waals surface area contributed by atoms with Crippen LogP contribution in [0.1, 0.15) is 39.5 Å². The molecular formula is C23H32FN7O3. The zero-order chi connectivity index (χ0) is 24.5. The van der Waals surface area contributed by atoms with Crippen molar-refractivity contribution < 1.29 is 18.7 Å². The Morgan fingerprint density at radius 1 is 1.21 bits per heavy atom. The molecule has 0 bridgehead atoms. The Balaban J connectivity index is 1.74. The fourth-order valence-corrected chi connectivity index (χ4v) is 3.66. The van der Waals surface area contributed by atoms with E-state index in [1.807, 2.05) is 18.7 Å². The Labute approximate surface area is 198 Å². The number of hydrogen-bond acceptors (Lipinski definition) is 9. The summed E-state index contributed by atoms with van der Waals surface area (Å²) in [4.78, 5) is 39.0. The summed E-state index contributed by atoms with van der Waals surface area (Å²) in [6, 6.07) is 5.30. The Bertz CT molecular complexity index is 989. The smallest absolute Gasteiger partial charge is 0.328 e. The molecule has 34 heavy (non-hydrogen) atoms. The first-order chi connectivity index (χ1) is 16.3. The highest BCUT2D eigenvalue weighted by atomic mass is 19.1. The largest absolute Gasteiger partial charge is 0.467 e. The van der Waals surface area contributed by atoms with Crippen molar-refractivity contribution in [1.29, 1.82) is 0 Å². The lowest BCUT2D eigenvalue weighted by Gasteiger charge is -2.19. The van der Waals surface area contributed by atoms with Crippen molar-refractivity contribution >= 4 is 35.4 Å². The van der Waals surface area contributed by atoms with Crippen LogP contribution in [-0.4, -0.2) is 64.5 Å². The van der Waals surface area contributed by atoms with Gasteiger partial charge in [0.2, 0.25) is 23.8 Å². The number of nitrogens with zero attached hydrogens (tertiary/aromatic N) is 4. The van der Waals surface area contributed by atoms with Crippen molar-refractivity contribution in [3.05, 3.63) is 30.1 Å². The van der Waals surface area contributed by atoms with Crippen molar-refractivity contribution in [3.8, 4) is 0 Å². The number of nitrogens with one attached hydrogen (secondary N) is 3. The minimum absolute atomic E-state index is 0.183. The summed E-state index contributed by atoms with van der Waals surface area (Å²) in [5.41, 5.74) is 0.474. The molecule has 1 aliphatic heterocycles. The topological polar surface area (TPSA) is 121 Å². The van der Waals surface area contributed by atoms with Crippen LogP contribution in [-0.2, 0) is 14.3 Å². The van der Waals surface area contributed by atoms with E-state index in [0.717, 1.165) is 19.4 Å². The third-order valence-corrected chi connectivity index (χ3v) is 5.27. The lowest BCUT2D eigenvalue weighted by molar-refractivity contribution is -0.141. The molecule has 3 N–H and O–H groups in total. The first kappa shape index (κ1) is 25.1. The molecule has 0 unspecified atom stereocenters. The molecule has 0 radical (unpaired) electrons. The summed E-state index contributed by atoms with van der Waals surface area (Å²) in [7, 11) is 1.33. The number of carbonyl (C=O) groups excluding carboxylic acids is 2. The van der Waals surface area contributed by atoms with E-state index in [2.05, 4.69) is 30.9 Å². The maximum atomic E-state index is 13.6. The monoisotopic (exact) mass is 473 g/mol. The van der Waals surface area contributed by atoms with E-state index in [-0.39, 0.29) is 29.7 Å². The van der Waals surface area contributed by atoms with Gasteiger partial charge < -0.3 is 25.6 Å². The van der Waals surface area contributed by atoms with Crippen molar-refractivity contribution in [3.63, 3.8) is 0 Å². The van der Waals surface area contributed by atoms with Gasteiger partial charge in [0.25, 0.3) is 0 Å². The normalized spacial score (nSPS) is 14.3. The second-order valence-electron chi connectivity index (χ2n) is 8.56. The van der Waals surface area contributed by atoms with Crippen LogP contribution in [0.3, 0.4) is 0 Å². The maximum absolute atomic E-state index is 13.6. The summed E-state index contributed by atoms with van der Waals surface area (Å²) in [5.74, 6) is 0.267. The predicted molar refractivity (Wildman–Crippen MR) is 127 cm³/mol. The molecule has 1 saturated heterocycles. The Morgan fingerprint density at radius 3 is 2.65 bits per heavy atom. The Morgan fingerprint density at radius 2 is 1.97 bits per heavy atom. The predicted octanol–water partition coefficient (Wildman–Crippen LogP) is 3.18. The molecule has 10 nitrogen and oxygen atoms in total. The van der Waals surface area contributed by atoms with Crippen LogP contribution in [0.5, 0.6) is 0 Å². The van der Waals surface area contributed by atoms with Gasteiger partial charge in [0.05, 0.1) is 7.11 Å². The van der Waals surface area contributed by atoms with E-state index >= 15 is 0 Å². The summed E-state index contributed by atoms with van der Waals surface area (Å²) >= 11 is 0. The van der Waals surface area contributed by atoms with E-state index in [1.165, 1.54) is 19.2 Å².